The van der Waals surface area contributed by atoms with Crippen LogP contribution in [0.5, 0.6) is 0 Å². The van der Waals surface area contributed by atoms with Gasteiger partial charge in [0.25, 0.3) is 0 Å². The number of hydrogen-bond acceptors (Lipinski definition) is 2. The minimum Gasteiger partial charge on any atom is -0.478 e. The zero-order chi connectivity index (χ0) is 15.2. The molecule has 0 atom stereocenters. The molecule has 0 radical (unpaired) electrons. The number of nitrogens with zero attached hydrogens (tertiary/aromatic N) is 1. The molecule has 1 N–H and O–H groups in total. The fourth-order valence-electron chi connectivity index (χ4n) is 2.97. The second-order valence-corrected chi connectivity index (χ2v) is 5.77. The highest BCUT2D eigenvalue weighted by Gasteiger charge is 2.18. The maximum absolute atomic E-state index is 13.6. The van der Waals surface area contributed by atoms with Crippen molar-refractivity contribution in [3.8, 4) is 0 Å². The van der Waals surface area contributed by atoms with Gasteiger partial charge in [-0.3, -0.25) is 4.90 Å². The van der Waals surface area contributed by atoms with Crippen LogP contribution in [0.2, 0.25) is 0 Å². The molecular formula is C17H22FNO2. The van der Waals surface area contributed by atoms with Gasteiger partial charge in [0.1, 0.15) is 5.82 Å². The number of halogens is 1. The summed E-state index contributed by atoms with van der Waals surface area (Å²) in [5.41, 5.74) is 1.47. The van der Waals surface area contributed by atoms with Gasteiger partial charge in [0.15, 0.2) is 0 Å². The van der Waals surface area contributed by atoms with Crippen LogP contribution in [0, 0.1) is 5.82 Å². The summed E-state index contributed by atoms with van der Waals surface area (Å²) < 4.78 is 13.6. The molecule has 1 fully saturated rings. The Morgan fingerprint density at radius 3 is 2.71 bits per heavy atom. The zero-order valence-electron chi connectivity index (χ0n) is 12.4. The Hall–Kier alpha value is -1.68. The molecule has 1 saturated carbocycles. The van der Waals surface area contributed by atoms with Crippen LogP contribution in [0.4, 0.5) is 4.39 Å². The van der Waals surface area contributed by atoms with E-state index in [-0.39, 0.29) is 5.82 Å². The maximum atomic E-state index is 13.6. The third-order valence-corrected chi connectivity index (χ3v) is 4.03. The van der Waals surface area contributed by atoms with Crippen LogP contribution < -0.4 is 0 Å². The molecule has 0 unspecified atom stereocenters. The van der Waals surface area contributed by atoms with Crippen LogP contribution in [0.3, 0.4) is 0 Å². The van der Waals surface area contributed by atoms with E-state index in [9.17, 15) is 9.18 Å². The zero-order valence-corrected chi connectivity index (χ0v) is 12.4. The monoisotopic (exact) mass is 291 g/mol. The van der Waals surface area contributed by atoms with Gasteiger partial charge in [-0.15, -0.1) is 0 Å². The first-order valence-electron chi connectivity index (χ1n) is 7.45. The Labute approximate surface area is 125 Å². The van der Waals surface area contributed by atoms with Crippen LogP contribution in [0.15, 0.2) is 24.3 Å². The van der Waals surface area contributed by atoms with E-state index < -0.39 is 5.97 Å². The molecule has 1 aromatic rings. The molecule has 3 nitrogen and oxygen atoms in total. The molecule has 21 heavy (non-hydrogen) atoms. The van der Waals surface area contributed by atoms with Crippen LogP contribution in [-0.4, -0.2) is 29.1 Å². The first-order chi connectivity index (χ1) is 10.0. The molecule has 2 rings (SSSR count). The van der Waals surface area contributed by atoms with Gasteiger partial charge in [0.2, 0.25) is 0 Å². The second-order valence-electron chi connectivity index (χ2n) is 5.77. The molecule has 114 valence electrons. The predicted molar refractivity (Wildman–Crippen MR) is 81.4 cm³/mol. The lowest BCUT2D eigenvalue weighted by atomic mass is 9.94. The van der Waals surface area contributed by atoms with E-state index in [1.54, 1.807) is 0 Å². The van der Waals surface area contributed by atoms with Gasteiger partial charge in [-0.2, -0.15) is 0 Å². The van der Waals surface area contributed by atoms with Crippen molar-refractivity contribution in [1.29, 1.82) is 0 Å². The molecule has 1 aliphatic carbocycles. The fraction of sp³-hybridized carbons (Fsp3) is 0.471. The first kappa shape index (κ1) is 15.7. The Kier molecular flexibility index (Phi) is 5.51. The van der Waals surface area contributed by atoms with E-state index in [1.807, 2.05) is 6.07 Å². The molecule has 4 heteroatoms. The van der Waals surface area contributed by atoms with Gasteiger partial charge < -0.3 is 5.11 Å². The van der Waals surface area contributed by atoms with Gasteiger partial charge in [-0.05, 0) is 49.2 Å². The molecular weight excluding hydrogens is 269 g/mol. The molecule has 1 aliphatic rings. The van der Waals surface area contributed by atoms with E-state index in [4.69, 9.17) is 5.11 Å². The molecule has 0 bridgehead atoms. The van der Waals surface area contributed by atoms with Crippen molar-refractivity contribution >= 4 is 12.0 Å². The third-order valence-electron chi connectivity index (χ3n) is 4.03. The summed E-state index contributed by atoms with van der Waals surface area (Å²) in [6.07, 6.45) is 8.72. The smallest absolute Gasteiger partial charge is 0.328 e. The standard InChI is InChI=1S/C17H22FNO2/c1-19(16-5-3-2-4-6-16)12-14-9-13(7-8-17(20)21)10-15(18)11-14/h7-11,16H,2-6,12H2,1H3,(H,20,21). The van der Waals surface area contributed by atoms with Crippen molar-refractivity contribution in [3.05, 3.63) is 41.2 Å². The highest BCUT2D eigenvalue weighted by atomic mass is 19.1. The summed E-state index contributed by atoms with van der Waals surface area (Å²) >= 11 is 0. The summed E-state index contributed by atoms with van der Waals surface area (Å²) in [5.74, 6) is -1.35. The van der Waals surface area contributed by atoms with Crippen molar-refractivity contribution in [1.82, 2.24) is 4.90 Å². The summed E-state index contributed by atoms with van der Waals surface area (Å²) in [6.45, 7) is 0.691. The highest BCUT2D eigenvalue weighted by molar-refractivity contribution is 5.85. The fourth-order valence-corrected chi connectivity index (χ4v) is 2.97. The number of aliphatic carboxylic acids is 1. The molecule has 0 saturated heterocycles. The van der Waals surface area contributed by atoms with Gasteiger partial charge in [0, 0.05) is 18.7 Å². The van der Waals surface area contributed by atoms with Crippen molar-refractivity contribution < 1.29 is 14.3 Å². The van der Waals surface area contributed by atoms with Crippen LogP contribution in [-0.2, 0) is 11.3 Å². The number of rotatable bonds is 5. The van der Waals surface area contributed by atoms with E-state index >= 15 is 0 Å². The number of carboxylic acids is 1. The lowest BCUT2D eigenvalue weighted by Crippen LogP contribution is -2.32. The lowest BCUT2D eigenvalue weighted by molar-refractivity contribution is -0.131. The average molecular weight is 291 g/mol. The molecule has 0 spiro atoms. The summed E-state index contributed by atoms with van der Waals surface area (Å²) in [4.78, 5) is 12.8. The van der Waals surface area contributed by atoms with E-state index in [1.165, 1.54) is 50.3 Å². The quantitative estimate of drug-likeness (QED) is 0.841. The first-order valence-corrected chi connectivity index (χ1v) is 7.45. The minimum absolute atomic E-state index is 0.324. The average Bonchev–Trinajstić information content (AvgIpc) is 2.45. The summed E-state index contributed by atoms with van der Waals surface area (Å²) in [7, 11) is 2.08. The molecule has 0 heterocycles. The molecule has 0 aliphatic heterocycles. The molecule has 0 amide bonds. The Morgan fingerprint density at radius 2 is 2.05 bits per heavy atom. The third kappa shape index (κ3) is 4.97. The van der Waals surface area contributed by atoms with Crippen molar-refractivity contribution in [3.63, 3.8) is 0 Å². The van der Waals surface area contributed by atoms with E-state index in [0.717, 1.165) is 11.6 Å². The Balaban J connectivity index is 2.06. The lowest BCUT2D eigenvalue weighted by Gasteiger charge is -2.31. The van der Waals surface area contributed by atoms with Gasteiger partial charge in [0.05, 0.1) is 0 Å². The maximum Gasteiger partial charge on any atom is 0.328 e. The number of hydrogen-bond donors (Lipinski definition) is 1. The summed E-state index contributed by atoms with van der Waals surface area (Å²) in [6, 6.07) is 5.29. The number of benzene rings is 1. The normalized spacial score (nSPS) is 16.7. The van der Waals surface area contributed by atoms with E-state index in [2.05, 4.69) is 11.9 Å². The topological polar surface area (TPSA) is 40.5 Å². The number of carbonyl (C=O) groups is 1. The van der Waals surface area contributed by atoms with Crippen LogP contribution in [0.1, 0.15) is 43.2 Å². The number of carboxylic acid groups (broad SMARTS) is 1. The van der Waals surface area contributed by atoms with Gasteiger partial charge in [-0.1, -0.05) is 25.3 Å². The summed E-state index contributed by atoms with van der Waals surface area (Å²) in [5, 5.41) is 8.64. The molecule has 1 aromatic carbocycles. The van der Waals surface area contributed by atoms with Gasteiger partial charge >= 0.3 is 5.97 Å². The predicted octanol–water partition coefficient (Wildman–Crippen LogP) is 3.69. The minimum atomic E-state index is -1.03. The second kappa shape index (κ2) is 7.36. The Morgan fingerprint density at radius 1 is 1.33 bits per heavy atom. The van der Waals surface area contributed by atoms with Crippen LogP contribution >= 0.6 is 0 Å². The SMILES string of the molecule is CN(Cc1cc(F)cc(C=CC(=O)O)c1)C1CCCCC1. The van der Waals surface area contributed by atoms with E-state index in [0.29, 0.717) is 18.2 Å². The Bertz CT molecular complexity index is 522. The van der Waals surface area contributed by atoms with Crippen molar-refractivity contribution in [2.45, 2.75) is 44.7 Å². The molecule has 0 aromatic heterocycles. The largest absolute Gasteiger partial charge is 0.478 e. The van der Waals surface area contributed by atoms with Crippen LogP contribution in [0.25, 0.3) is 6.08 Å². The van der Waals surface area contributed by atoms with Crippen molar-refractivity contribution in [2.24, 2.45) is 0 Å². The highest BCUT2D eigenvalue weighted by Crippen LogP contribution is 2.23. The van der Waals surface area contributed by atoms with Gasteiger partial charge in [-0.25, -0.2) is 9.18 Å². The van der Waals surface area contributed by atoms with Crippen molar-refractivity contribution in [2.75, 3.05) is 7.05 Å².